The summed E-state index contributed by atoms with van der Waals surface area (Å²) in [6, 6.07) is 2.81. The van der Waals surface area contributed by atoms with E-state index in [1.54, 1.807) is 0 Å². The Morgan fingerprint density at radius 2 is 1.76 bits per heavy atom. The highest BCUT2D eigenvalue weighted by Crippen LogP contribution is 2.53. The summed E-state index contributed by atoms with van der Waals surface area (Å²) >= 11 is 0. The highest BCUT2D eigenvalue weighted by molar-refractivity contribution is 8.25. The molecule has 1 amide bonds. The van der Waals surface area contributed by atoms with Crippen LogP contribution in [0.25, 0.3) is 5.70 Å². The molecule has 0 bridgehead atoms. The minimum Gasteiger partial charge on any atom is -0.335 e. The minimum absolute atomic E-state index is 0.0217. The number of amides is 1. The molecule has 7 nitrogen and oxygen atoms in total. The second kappa shape index (κ2) is 8.31. The van der Waals surface area contributed by atoms with E-state index in [1.807, 2.05) is 5.48 Å². The number of benzene rings is 1. The lowest BCUT2D eigenvalue weighted by atomic mass is 9.89. The number of hydrogen-bond acceptors (Lipinski definition) is 6. The zero-order valence-corrected chi connectivity index (χ0v) is 19.3. The molecule has 1 unspecified atom stereocenters. The standard InChI is InChI=1S/C22H18F7N3O4S/c23-14-3-13(4-15(24)18(14)25)21(22(27,28)29)5-16(31-36-21)11-1-2-17(30-6-11)20(26)9-32(10-20)19(33)12-7-37(34,35)8-12/h1-6,12,31,34-35H,7-10H2. The van der Waals surface area contributed by atoms with Crippen molar-refractivity contribution in [2.24, 2.45) is 5.92 Å². The molecule has 4 heterocycles. The first-order valence-corrected chi connectivity index (χ1v) is 12.6. The molecule has 0 spiro atoms. The van der Waals surface area contributed by atoms with Crippen molar-refractivity contribution in [3.63, 3.8) is 0 Å². The second-order valence-electron chi connectivity index (χ2n) is 9.17. The molecule has 37 heavy (non-hydrogen) atoms. The monoisotopic (exact) mass is 553 g/mol. The number of pyridine rings is 1. The fourth-order valence-corrected chi connectivity index (χ4v) is 5.92. The highest BCUT2D eigenvalue weighted by atomic mass is 32.3. The first-order valence-electron chi connectivity index (χ1n) is 10.7. The summed E-state index contributed by atoms with van der Waals surface area (Å²) in [5, 5.41) is 0. The fraction of sp³-hybridized carbons (Fsp3) is 0.364. The molecule has 1 atom stereocenters. The SMILES string of the molecule is O=C(C1CS(O)(O)C1)N1CC(F)(c2ccc(C3=CC(c4cc(F)c(F)c(F)c4)(C(F)(F)F)ON3)cn2)C1. The number of hydrogen-bond donors (Lipinski definition) is 3. The molecule has 3 aliphatic rings. The minimum atomic E-state index is -5.22. The van der Waals surface area contributed by atoms with Crippen LogP contribution in [0.2, 0.25) is 0 Å². The van der Waals surface area contributed by atoms with Crippen LogP contribution in [0.5, 0.6) is 0 Å². The van der Waals surface area contributed by atoms with Gasteiger partial charge in [-0.25, -0.2) is 17.6 Å². The molecule has 2 aromatic rings. The Balaban J connectivity index is 1.35. The van der Waals surface area contributed by atoms with E-state index in [-0.39, 0.29) is 53.7 Å². The molecule has 2 fully saturated rings. The summed E-state index contributed by atoms with van der Waals surface area (Å²) in [7, 11) is -2.73. The Kier molecular flexibility index (Phi) is 5.79. The fourth-order valence-electron chi connectivity index (χ4n) is 4.45. The van der Waals surface area contributed by atoms with E-state index in [2.05, 4.69) is 4.98 Å². The van der Waals surface area contributed by atoms with Crippen LogP contribution in [0.3, 0.4) is 0 Å². The zero-order chi connectivity index (χ0) is 27.0. The van der Waals surface area contributed by atoms with Crippen molar-refractivity contribution < 1.29 is 49.5 Å². The van der Waals surface area contributed by atoms with Crippen LogP contribution in [0, 0.1) is 23.4 Å². The van der Waals surface area contributed by atoms with Crippen molar-refractivity contribution in [1.29, 1.82) is 0 Å². The largest absolute Gasteiger partial charge is 0.428 e. The van der Waals surface area contributed by atoms with Gasteiger partial charge in [0.25, 0.3) is 0 Å². The lowest BCUT2D eigenvalue weighted by Gasteiger charge is -2.51. The topological polar surface area (TPSA) is 94.9 Å². The van der Waals surface area contributed by atoms with E-state index in [0.717, 1.165) is 6.20 Å². The lowest BCUT2D eigenvalue weighted by molar-refractivity contribution is -0.269. The number of hydroxylamine groups is 1. The van der Waals surface area contributed by atoms with Gasteiger partial charge in [0.05, 0.1) is 41.9 Å². The number of likely N-dealkylation sites (tertiary alicyclic amines) is 1. The number of halogens is 7. The van der Waals surface area contributed by atoms with E-state index < -0.39 is 62.9 Å². The summed E-state index contributed by atoms with van der Waals surface area (Å²) in [5.41, 5.74) is -4.71. The number of nitrogens with one attached hydrogen (secondary N) is 1. The molecular weight excluding hydrogens is 535 g/mol. The number of carbonyl (C=O) groups excluding carboxylic acids is 1. The molecule has 3 N–H and O–H groups in total. The van der Waals surface area contributed by atoms with Crippen LogP contribution in [0.4, 0.5) is 30.7 Å². The van der Waals surface area contributed by atoms with Gasteiger partial charge >= 0.3 is 6.18 Å². The van der Waals surface area contributed by atoms with Crippen molar-refractivity contribution in [2.45, 2.75) is 17.4 Å². The van der Waals surface area contributed by atoms with Crippen molar-refractivity contribution in [3.8, 4) is 0 Å². The zero-order valence-electron chi connectivity index (χ0n) is 18.5. The van der Waals surface area contributed by atoms with Gasteiger partial charge in [0.2, 0.25) is 11.5 Å². The smallest absolute Gasteiger partial charge is 0.335 e. The maximum atomic E-state index is 15.2. The predicted molar refractivity (Wildman–Crippen MR) is 116 cm³/mol. The van der Waals surface area contributed by atoms with Crippen molar-refractivity contribution in [2.75, 3.05) is 24.6 Å². The Bertz CT molecular complexity index is 1270. The molecule has 1 aromatic carbocycles. The van der Waals surface area contributed by atoms with Gasteiger partial charge in [-0.2, -0.15) is 23.8 Å². The van der Waals surface area contributed by atoms with Gasteiger partial charge in [0, 0.05) is 17.3 Å². The Hall–Kier alpha value is -2.88. The van der Waals surface area contributed by atoms with Gasteiger partial charge in [-0.1, -0.05) is 0 Å². The van der Waals surface area contributed by atoms with Gasteiger partial charge in [-0.05, 0) is 30.3 Å². The van der Waals surface area contributed by atoms with Crippen molar-refractivity contribution in [3.05, 3.63) is 70.8 Å². The maximum Gasteiger partial charge on any atom is 0.428 e. The van der Waals surface area contributed by atoms with Gasteiger partial charge in [0.15, 0.2) is 23.1 Å². The highest BCUT2D eigenvalue weighted by Gasteiger charge is 2.60. The molecule has 15 heteroatoms. The summed E-state index contributed by atoms with van der Waals surface area (Å²) in [6.07, 6.45) is -3.65. The van der Waals surface area contributed by atoms with Crippen LogP contribution in [0.15, 0.2) is 36.5 Å². The number of alkyl halides is 4. The average Bonchev–Trinajstić information content (AvgIpc) is 3.25. The molecule has 2 saturated heterocycles. The van der Waals surface area contributed by atoms with E-state index in [1.165, 1.54) is 17.0 Å². The van der Waals surface area contributed by atoms with Crippen LogP contribution < -0.4 is 5.48 Å². The van der Waals surface area contributed by atoms with E-state index in [0.29, 0.717) is 6.08 Å². The average molecular weight is 553 g/mol. The molecular formula is C22H18F7N3O4S. The molecule has 3 aliphatic heterocycles. The normalized spacial score (nSPS) is 25.5. The number of aromatic nitrogens is 1. The first kappa shape index (κ1) is 25.8. The Labute approximate surface area is 206 Å². The van der Waals surface area contributed by atoms with Gasteiger partial charge in [0.1, 0.15) is 0 Å². The third-order valence-electron chi connectivity index (χ3n) is 6.52. The van der Waals surface area contributed by atoms with E-state index >= 15 is 4.39 Å². The van der Waals surface area contributed by atoms with Gasteiger partial charge < -0.3 is 4.90 Å². The third kappa shape index (κ3) is 4.23. The quantitative estimate of drug-likeness (QED) is 0.388. The van der Waals surface area contributed by atoms with Crippen LogP contribution in [-0.4, -0.2) is 55.7 Å². The second-order valence-corrected chi connectivity index (χ2v) is 11.4. The predicted octanol–water partition coefficient (Wildman–Crippen LogP) is 4.22. The maximum absolute atomic E-state index is 15.2. The van der Waals surface area contributed by atoms with Crippen molar-refractivity contribution in [1.82, 2.24) is 15.4 Å². The lowest BCUT2D eigenvalue weighted by Crippen LogP contribution is -2.62. The number of rotatable bonds is 4. The van der Waals surface area contributed by atoms with E-state index in [4.69, 9.17) is 4.84 Å². The molecule has 5 rings (SSSR count). The molecule has 200 valence electrons. The summed E-state index contributed by atoms with van der Waals surface area (Å²) in [4.78, 5) is 22.2. The summed E-state index contributed by atoms with van der Waals surface area (Å²) < 4.78 is 117. The van der Waals surface area contributed by atoms with Crippen molar-refractivity contribution >= 4 is 22.2 Å². The number of carbonyl (C=O) groups is 1. The summed E-state index contributed by atoms with van der Waals surface area (Å²) in [5.74, 6) is -6.70. The molecule has 1 aromatic heterocycles. The van der Waals surface area contributed by atoms with Gasteiger partial charge in [-0.3, -0.25) is 29.2 Å². The third-order valence-corrected chi connectivity index (χ3v) is 8.39. The Morgan fingerprint density at radius 3 is 2.27 bits per heavy atom. The van der Waals surface area contributed by atoms with Gasteiger partial charge in [-0.15, -0.1) is 0 Å². The Morgan fingerprint density at radius 1 is 1.14 bits per heavy atom. The summed E-state index contributed by atoms with van der Waals surface area (Å²) in [6.45, 7) is -0.645. The van der Waals surface area contributed by atoms with Crippen LogP contribution in [0.1, 0.15) is 16.8 Å². The molecule has 0 aliphatic carbocycles. The molecule has 0 saturated carbocycles. The van der Waals surface area contributed by atoms with E-state index in [9.17, 15) is 40.2 Å². The number of nitrogens with zero attached hydrogens (tertiary/aromatic N) is 2. The van der Waals surface area contributed by atoms with Crippen LogP contribution in [-0.2, 0) is 20.9 Å². The van der Waals surface area contributed by atoms with Crippen LogP contribution >= 0.6 is 10.6 Å². The molecule has 0 radical (unpaired) electrons. The first-order chi connectivity index (χ1) is 17.1.